The van der Waals surface area contributed by atoms with Crippen LogP contribution in [-0.4, -0.2) is 46.5 Å². The minimum atomic E-state index is -0.0139. The zero-order valence-corrected chi connectivity index (χ0v) is 13.3. The molecule has 0 bridgehead atoms. The van der Waals surface area contributed by atoms with Gasteiger partial charge < -0.3 is 15.2 Å². The Kier molecular flexibility index (Phi) is 4.43. The quantitative estimate of drug-likeness (QED) is 0.911. The number of para-hydroxylation sites is 1. The minimum absolute atomic E-state index is 0.0139. The third kappa shape index (κ3) is 3.30. The number of H-pyrrole nitrogens is 1. The van der Waals surface area contributed by atoms with E-state index in [1.165, 1.54) is 0 Å². The Labute approximate surface area is 131 Å². The number of nitrogens with one attached hydrogen (secondary N) is 2. The Balaban J connectivity index is 1.60. The molecule has 1 aliphatic rings. The average Bonchev–Trinajstić information content (AvgIpc) is 2.97. The molecule has 5 heteroatoms. The number of aromatic amines is 1. The number of fused-ring (bicyclic) bond motifs is 1. The molecule has 0 aliphatic carbocycles. The van der Waals surface area contributed by atoms with Gasteiger partial charge in [-0.2, -0.15) is 0 Å². The lowest BCUT2D eigenvalue weighted by atomic mass is 10.0. The molecule has 1 aromatic carbocycles. The summed E-state index contributed by atoms with van der Waals surface area (Å²) >= 11 is 0. The number of hydrogen-bond acceptors (Lipinski definition) is 3. The van der Waals surface area contributed by atoms with E-state index in [-0.39, 0.29) is 11.9 Å². The fourth-order valence-electron chi connectivity index (χ4n) is 3.19. The van der Waals surface area contributed by atoms with E-state index in [1.807, 2.05) is 18.2 Å². The molecule has 2 heterocycles. The van der Waals surface area contributed by atoms with Gasteiger partial charge in [-0.15, -0.1) is 0 Å². The monoisotopic (exact) mass is 300 g/mol. The van der Waals surface area contributed by atoms with Gasteiger partial charge in [-0.1, -0.05) is 19.9 Å². The highest BCUT2D eigenvalue weighted by atomic mass is 16.1. The smallest absolute Gasteiger partial charge is 0.253 e. The van der Waals surface area contributed by atoms with Crippen molar-refractivity contribution in [1.82, 2.24) is 20.2 Å². The molecule has 3 rings (SSSR count). The fraction of sp³-hybridized carbons (Fsp3) is 0.529. The maximum absolute atomic E-state index is 12.5. The molecule has 1 saturated heterocycles. The highest BCUT2D eigenvalue weighted by Gasteiger charge is 2.22. The van der Waals surface area contributed by atoms with Crippen molar-refractivity contribution in [3.8, 4) is 0 Å². The van der Waals surface area contributed by atoms with E-state index in [4.69, 9.17) is 0 Å². The summed E-state index contributed by atoms with van der Waals surface area (Å²) in [6, 6.07) is 5.93. The van der Waals surface area contributed by atoms with Gasteiger partial charge >= 0.3 is 0 Å². The van der Waals surface area contributed by atoms with Crippen molar-refractivity contribution in [2.75, 3.05) is 19.6 Å². The number of carbonyl (C=O) groups excluding carboxylic acids is 1. The molecule has 22 heavy (non-hydrogen) atoms. The summed E-state index contributed by atoms with van der Waals surface area (Å²) in [5.74, 6) is 0.684. The van der Waals surface area contributed by atoms with Crippen LogP contribution >= 0.6 is 0 Å². The van der Waals surface area contributed by atoms with Crippen molar-refractivity contribution in [3.05, 3.63) is 30.1 Å². The first-order chi connectivity index (χ1) is 10.6. The van der Waals surface area contributed by atoms with Crippen LogP contribution in [0.2, 0.25) is 0 Å². The first-order valence-corrected chi connectivity index (χ1v) is 8.09. The fourth-order valence-corrected chi connectivity index (χ4v) is 3.19. The van der Waals surface area contributed by atoms with Gasteiger partial charge in [0, 0.05) is 25.7 Å². The van der Waals surface area contributed by atoms with Crippen molar-refractivity contribution >= 4 is 16.9 Å². The minimum Gasteiger partial charge on any atom is -0.349 e. The maximum Gasteiger partial charge on any atom is 0.253 e. The molecular weight excluding hydrogens is 276 g/mol. The van der Waals surface area contributed by atoms with Crippen LogP contribution in [-0.2, 0) is 0 Å². The Morgan fingerprint density at radius 1 is 1.41 bits per heavy atom. The number of rotatable bonds is 4. The van der Waals surface area contributed by atoms with Crippen LogP contribution in [0.4, 0.5) is 0 Å². The van der Waals surface area contributed by atoms with E-state index < -0.39 is 0 Å². The topological polar surface area (TPSA) is 61.0 Å². The van der Waals surface area contributed by atoms with Gasteiger partial charge in [0.25, 0.3) is 5.91 Å². The molecule has 1 amide bonds. The second-order valence-electron chi connectivity index (χ2n) is 6.55. The van der Waals surface area contributed by atoms with Crippen molar-refractivity contribution in [2.24, 2.45) is 5.92 Å². The van der Waals surface area contributed by atoms with Crippen LogP contribution in [0.1, 0.15) is 37.0 Å². The molecule has 1 aliphatic heterocycles. The Morgan fingerprint density at radius 3 is 2.91 bits per heavy atom. The number of amides is 1. The maximum atomic E-state index is 12.5. The van der Waals surface area contributed by atoms with Crippen molar-refractivity contribution in [2.45, 2.75) is 32.7 Å². The third-order valence-electron chi connectivity index (χ3n) is 4.24. The number of hydrogen-bond donors (Lipinski definition) is 2. The third-order valence-corrected chi connectivity index (χ3v) is 4.24. The van der Waals surface area contributed by atoms with Crippen LogP contribution < -0.4 is 5.32 Å². The second kappa shape index (κ2) is 6.48. The van der Waals surface area contributed by atoms with Gasteiger partial charge in [-0.3, -0.25) is 4.79 Å². The Morgan fingerprint density at radius 2 is 2.18 bits per heavy atom. The number of likely N-dealkylation sites (tertiary alicyclic amines) is 1. The summed E-state index contributed by atoms with van der Waals surface area (Å²) in [7, 11) is 0. The van der Waals surface area contributed by atoms with Crippen LogP contribution in [0.3, 0.4) is 0 Å². The van der Waals surface area contributed by atoms with Crippen LogP contribution in [0, 0.1) is 5.92 Å². The molecule has 0 radical (unpaired) electrons. The molecule has 0 spiro atoms. The predicted octanol–water partition coefficient (Wildman–Crippen LogP) is 2.41. The summed E-state index contributed by atoms with van der Waals surface area (Å²) in [5.41, 5.74) is 2.31. The van der Waals surface area contributed by atoms with Crippen molar-refractivity contribution in [1.29, 1.82) is 0 Å². The summed E-state index contributed by atoms with van der Waals surface area (Å²) in [6.07, 6.45) is 3.68. The summed E-state index contributed by atoms with van der Waals surface area (Å²) < 4.78 is 0. The van der Waals surface area contributed by atoms with Crippen molar-refractivity contribution < 1.29 is 4.79 Å². The zero-order chi connectivity index (χ0) is 15.5. The molecular formula is C17H24N4O. The van der Waals surface area contributed by atoms with E-state index in [0.29, 0.717) is 11.5 Å². The molecule has 0 saturated carbocycles. The van der Waals surface area contributed by atoms with Gasteiger partial charge in [-0.25, -0.2) is 4.98 Å². The average molecular weight is 300 g/mol. The molecule has 5 nitrogen and oxygen atoms in total. The van der Waals surface area contributed by atoms with Crippen LogP contribution in [0.5, 0.6) is 0 Å². The van der Waals surface area contributed by atoms with Gasteiger partial charge in [0.2, 0.25) is 0 Å². The number of imidazole rings is 1. The molecule has 0 unspecified atom stereocenters. The Hall–Kier alpha value is -1.88. The summed E-state index contributed by atoms with van der Waals surface area (Å²) in [6.45, 7) is 7.77. The van der Waals surface area contributed by atoms with Crippen LogP contribution in [0.25, 0.3) is 11.0 Å². The van der Waals surface area contributed by atoms with Crippen LogP contribution in [0.15, 0.2) is 24.5 Å². The SMILES string of the molecule is CC(C)CN1CCC(NC(=O)c2cccc3[nH]cnc23)CC1. The summed E-state index contributed by atoms with van der Waals surface area (Å²) in [5, 5.41) is 3.17. The number of carbonyl (C=O) groups is 1. The lowest BCUT2D eigenvalue weighted by Gasteiger charge is -2.33. The predicted molar refractivity (Wildman–Crippen MR) is 87.9 cm³/mol. The van der Waals surface area contributed by atoms with Gasteiger partial charge in [-0.05, 0) is 30.9 Å². The first kappa shape index (κ1) is 15.0. The Bertz CT molecular complexity index is 641. The molecule has 2 N–H and O–H groups in total. The lowest BCUT2D eigenvalue weighted by Crippen LogP contribution is -2.45. The zero-order valence-electron chi connectivity index (χ0n) is 13.3. The number of aromatic nitrogens is 2. The van der Waals surface area contributed by atoms with Gasteiger partial charge in [0.05, 0.1) is 17.4 Å². The largest absolute Gasteiger partial charge is 0.349 e. The van der Waals surface area contributed by atoms with Gasteiger partial charge in [0.15, 0.2) is 0 Å². The molecule has 0 atom stereocenters. The number of piperidine rings is 1. The number of benzene rings is 1. The van der Waals surface area contributed by atoms with Gasteiger partial charge in [0.1, 0.15) is 5.52 Å². The van der Waals surface area contributed by atoms with E-state index in [2.05, 4.69) is 34.0 Å². The molecule has 1 fully saturated rings. The molecule has 1 aromatic heterocycles. The highest BCUT2D eigenvalue weighted by Crippen LogP contribution is 2.16. The highest BCUT2D eigenvalue weighted by molar-refractivity contribution is 6.04. The number of nitrogens with zero attached hydrogens (tertiary/aromatic N) is 2. The normalized spacial score (nSPS) is 17.2. The first-order valence-electron chi connectivity index (χ1n) is 8.09. The van der Waals surface area contributed by atoms with E-state index >= 15 is 0 Å². The van der Waals surface area contributed by atoms with E-state index in [1.54, 1.807) is 6.33 Å². The van der Waals surface area contributed by atoms with E-state index in [9.17, 15) is 4.79 Å². The standard InChI is InChI=1S/C17H24N4O/c1-12(2)10-21-8-6-13(7-9-21)20-17(22)14-4-3-5-15-16(14)19-11-18-15/h3-5,11-13H,6-10H2,1-2H3,(H,18,19)(H,20,22). The summed E-state index contributed by atoms with van der Waals surface area (Å²) in [4.78, 5) is 22.3. The molecule has 2 aromatic rings. The van der Waals surface area contributed by atoms with Crippen molar-refractivity contribution in [3.63, 3.8) is 0 Å². The molecule has 118 valence electrons. The van der Waals surface area contributed by atoms with E-state index in [0.717, 1.165) is 43.5 Å². The lowest BCUT2D eigenvalue weighted by molar-refractivity contribution is 0.0909. The second-order valence-corrected chi connectivity index (χ2v) is 6.55.